The fourth-order valence-corrected chi connectivity index (χ4v) is 3.82. The number of halogens is 1. The molecule has 33 heavy (non-hydrogen) atoms. The lowest BCUT2D eigenvalue weighted by molar-refractivity contribution is -0.137. The molecule has 1 heterocycles. The van der Waals surface area contributed by atoms with Crippen LogP contribution in [0.25, 0.3) is 0 Å². The Labute approximate surface area is 194 Å². The number of rotatable bonds is 10. The number of nitrogens with zero attached hydrogens (tertiary/aromatic N) is 3. The van der Waals surface area contributed by atoms with Crippen molar-refractivity contribution in [1.29, 1.82) is 0 Å². The Morgan fingerprint density at radius 2 is 2.03 bits per heavy atom. The number of fused-ring (bicyclic) bond motifs is 1. The van der Waals surface area contributed by atoms with Crippen LogP contribution in [0.2, 0.25) is 0 Å². The highest BCUT2D eigenvalue weighted by atomic mass is 19.1. The molecule has 1 aliphatic heterocycles. The summed E-state index contributed by atoms with van der Waals surface area (Å²) in [5, 5.41) is 8.97. The molecule has 6 nitrogen and oxygen atoms in total. The topological polar surface area (TPSA) is 74.5 Å². The van der Waals surface area contributed by atoms with Gasteiger partial charge in [-0.1, -0.05) is 25.1 Å². The van der Waals surface area contributed by atoms with Crippen molar-refractivity contribution in [3.8, 4) is 0 Å². The number of ether oxygens (including phenoxy) is 1. The minimum atomic E-state index is -0.811. The molecule has 0 radical (unpaired) electrons. The quantitative estimate of drug-likeness (QED) is 0.336. The highest BCUT2D eigenvalue weighted by Crippen LogP contribution is 2.40. The van der Waals surface area contributed by atoms with E-state index in [4.69, 9.17) is 14.8 Å². The third kappa shape index (κ3) is 6.14. The van der Waals surface area contributed by atoms with E-state index < -0.39 is 12.2 Å². The molecule has 0 aliphatic carbocycles. The molecule has 2 atom stereocenters. The molecule has 0 aromatic heterocycles. The normalized spacial score (nSPS) is 16.8. The third-order valence-electron chi connectivity index (χ3n) is 5.52. The Morgan fingerprint density at radius 1 is 1.27 bits per heavy atom. The standard InChI is InChI=1S/C26H30FN3O3/c1-4-15-28-17-18(2)19-9-14-22-23(16-19)29-24(7-5-6-8-25(31)32)30(26(22)33-3)21-12-10-20(27)11-13-21/h4,9-18,26H,5-8H2,1-3H3,(H,31,32)/b15-4-,28-17-. The first kappa shape index (κ1) is 24.3. The summed E-state index contributed by atoms with van der Waals surface area (Å²) in [6.07, 6.45) is 7.00. The van der Waals surface area contributed by atoms with E-state index in [1.54, 1.807) is 25.4 Å². The maximum atomic E-state index is 13.6. The SMILES string of the molecule is C/C=C\N=C/C(C)c1ccc2c(c1)N=C(CCCCC(=O)O)N(c1ccc(F)cc1)C2OC. The number of amidine groups is 1. The molecular weight excluding hydrogens is 421 g/mol. The van der Waals surface area contributed by atoms with Crippen LogP contribution >= 0.6 is 0 Å². The van der Waals surface area contributed by atoms with Gasteiger partial charge in [-0.05, 0) is 55.7 Å². The number of carbonyl (C=O) groups is 1. The molecule has 174 valence electrons. The van der Waals surface area contributed by atoms with Crippen molar-refractivity contribution in [3.63, 3.8) is 0 Å². The highest BCUT2D eigenvalue weighted by molar-refractivity contribution is 6.01. The van der Waals surface area contributed by atoms with Crippen molar-refractivity contribution >= 4 is 29.4 Å². The van der Waals surface area contributed by atoms with Crippen molar-refractivity contribution in [2.24, 2.45) is 9.98 Å². The minimum Gasteiger partial charge on any atom is -0.481 e. The van der Waals surface area contributed by atoms with E-state index in [0.717, 1.165) is 28.3 Å². The Bertz CT molecular complexity index is 1050. The van der Waals surface area contributed by atoms with Crippen LogP contribution in [0.5, 0.6) is 0 Å². The predicted octanol–water partition coefficient (Wildman–Crippen LogP) is 6.37. The Balaban J connectivity index is 1.98. The maximum absolute atomic E-state index is 13.6. The first-order chi connectivity index (χ1) is 15.9. The summed E-state index contributed by atoms with van der Waals surface area (Å²) in [6.45, 7) is 4.00. The van der Waals surface area contributed by atoms with E-state index in [2.05, 4.69) is 11.9 Å². The molecule has 0 fully saturated rings. The van der Waals surface area contributed by atoms with Gasteiger partial charge in [0, 0.05) is 49.5 Å². The second kappa shape index (κ2) is 11.5. The summed E-state index contributed by atoms with van der Waals surface area (Å²) < 4.78 is 19.5. The Morgan fingerprint density at radius 3 is 2.70 bits per heavy atom. The number of aliphatic imine (C=N–C) groups is 2. The predicted molar refractivity (Wildman–Crippen MR) is 130 cm³/mol. The van der Waals surface area contributed by atoms with Gasteiger partial charge >= 0.3 is 5.97 Å². The monoisotopic (exact) mass is 451 g/mol. The van der Waals surface area contributed by atoms with Crippen molar-refractivity contribution in [3.05, 3.63) is 71.7 Å². The number of carboxylic acid groups (broad SMARTS) is 1. The van der Waals surface area contributed by atoms with E-state index in [1.165, 1.54) is 12.1 Å². The zero-order chi connectivity index (χ0) is 23.8. The number of hydrogen-bond donors (Lipinski definition) is 1. The summed E-state index contributed by atoms with van der Waals surface area (Å²) in [5.41, 5.74) is 3.58. The summed E-state index contributed by atoms with van der Waals surface area (Å²) in [7, 11) is 1.64. The molecule has 1 N–H and O–H groups in total. The molecule has 0 bridgehead atoms. The van der Waals surface area contributed by atoms with E-state index in [1.807, 2.05) is 42.3 Å². The smallest absolute Gasteiger partial charge is 0.303 e. The van der Waals surface area contributed by atoms with Gasteiger partial charge in [0.2, 0.25) is 0 Å². The maximum Gasteiger partial charge on any atom is 0.303 e. The van der Waals surface area contributed by atoms with Gasteiger partial charge in [0.25, 0.3) is 0 Å². The van der Waals surface area contributed by atoms with E-state index in [-0.39, 0.29) is 18.2 Å². The summed E-state index contributed by atoms with van der Waals surface area (Å²) in [6, 6.07) is 12.3. The molecule has 2 aromatic rings. The van der Waals surface area contributed by atoms with Crippen LogP contribution in [0.15, 0.2) is 64.7 Å². The molecule has 3 rings (SSSR count). The second-order valence-corrected chi connectivity index (χ2v) is 7.95. The summed E-state index contributed by atoms with van der Waals surface area (Å²) in [4.78, 5) is 22.1. The largest absolute Gasteiger partial charge is 0.481 e. The van der Waals surface area contributed by atoms with Gasteiger partial charge in [-0.25, -0.2) is 9.38 Å². The number of anilines is 1. The molecule has 0 amide bonds. The van der Waals surface area contributed by atoms with Gasteiger partial charge in [0.1, 0.15) is 11.7 Å². The molecule has 2 unspecified atom stereocenters. The van der Waals surface area contributed by atoms with Crippen LogP contribution < -0.4 is 4.90 Å². The van der Waals surface area contributed by atoms with Crippen LogP contribution in [0.1, 0.15) is 62.8 Å². The van der Waals surface area contributed by atoms with Gasteiger partial charge in [-0.2, -0.15) is 0 Å². The lowest BCUT2D eigenvalue weighted by atomic mass is 9.97. The number of benzene rings is 2. The first-order valence-corrected chi connectivity index (χ1v) is 11.1. The number of hydrogen-bond acceptors (Lipinski definition) is 5. The summed E-state index contributed by atoms with van der Waals surface area (Å²) >= 11 is 0. The van der Waals surface area contributed by atoms with Gasteiger partial charge in [-0.15, -0.1) is 0 Å². The zero-order valence-corrected chi connectivity index (χ0v) is 19.2. The van der Waals surface area contributed by atoms with Crippen LogP contribution in [-0.2, 0) is 9.53 Å². The average Bonchev–Trinajstić information content (AvgIpc) is 2.81. The van der Waals surface area contributed by atoms with Crippen LogP contribution in [0.3, 0.4) is 0 Å². The summed E-state index contributed by atoms with van der Waals surface area (Å²) in [5.74, 6) is -0.256. The van der Waals surface area contributed by atoms with Crippen molar-refractivity contribution in [1.82, 2.24) is 0 Å². The van der Waals surface area contributed by atoms with Crippen molar-refractivity contribution < 1.29 is 19.0 Å². The molecule has 7 heteroatoms. The third-order valence-corrected chi connectivity index (χ3v) is 5.52. The van der Waals surface area contributed by atoms with Crippen molar-refractivity contribution in [2.75, 3.05) is 12.0 Å². The first-order valence-electron chi connectivity index (χ1n) is 11.1. The Kier molecular flexibility index (Phi) is 8.49. The van der Waals surface area contributed by atoms with Gasteiger partial charge in [-0.3, -0.25) is 14.7 Å². The molecule has 1 aliphatic rings. The van der Waals surface area contributed by atoms with Crippen molar-refractivity contribution in [2.45, 2.75) is 51.7 Å². The molecule has 0 saturated carbocycles. The van der Waals surface area contributed by atoms with E-state index in [0.29, 0.717) is 19.3 Å². The lowest BCUT2D eigenvalue weighted by Crippen LogP contribution is -2.38. The van der Waals surface area contributed by atoms with Gasteiger partial charge in [0.15, 0.2) is 6.23 Å². The zero-order valence-electron chi connectivity index (χ0n) is 19.2. The molecule has 0 spiro atoms. The number of carboxylic acids is 1. The molecular formula is C26H30FN3O3. The minimum absolute atomic E-state index is 0.108. The Hall–Kier alpha value is -3.32. The van der Waals surface area contributed by atoms with E-state index in [9.17, 15) is 9.18 Å². The molecule has 0 saturated heterocycles. The number of aliphatic carboxylic acids is 1. The second-order valence-electron chi connectivity index (χ2n) is 7.95. The van der Waals surface area contributed by atoms with Crippen LogP contribution in [0, 0.1) is 5.82 Å². The fourth-order valence-electron chi connectivity index (χ4n) is 3.82. The average molecular weight is 452 g/mol. The number of allylic oxidation sites excluding steroid dienone is 1. The highest BCUT2D eigenvalue weighted by Gasteiger charge is 2.31. The van der Waals surface area contributed by atoms with Crippen LogP contribution in [0.4, 0.5) is 15.8 Å². The van der Waals surface area contributed by atoms with Crippen LogP contribution in [-0.4, -0.2) is 30.2 Å². The lowest BCUT2D eigenvalue weighted by Gasteiger charge is -2.37. The fraction of sp³-hybridized carbons (Fsp3) is 0.346. The molecule has 2 aromatic carbocycles. The van der Waals surface area contributed by atoms with Gasteiger partial charge in [0.05, 0.1) is 5.69 Å². The van der Waals surface area contributed by atoms with Gasteiger partial charge < -0.3 is 9.84 Å². The van der Waals surface area contributed by atoms with E-state index >= 15 is 0 Å². The number of unbranched alkanes of at least 4 members (excludes halogenated alkanes) is 1. The number of methoxy groups -OCH3 is 1.